The number of rotatable bonds is 2. The van der Waals surface area contributed by atoms with Crippen LogP contribution in [-0.4, -0.2) is 17.6 Å². The van der Waals surface area contributed by atoms with Crippen LogP contribution in [0, 0.1) is 6.92 Å². The van der Waals surface area contributed by atoms with Crippen molar-refractivity contribution in [3.05, 3.63) is 40.0 Å². The number of aryl methyl sites for hydroxylation is 1. The summed E-state index contributed by atoms with van der Waals surface area (Å²) in [7, 11) is 0. The van der Waals surface area contributed by atoms with Crippen molar-refractivity contribution in [3.63, 3.8) is 0 Å². The summed E-state index contributed by atoms with van der Waals surface area (Å²) in [4.78, 5) is 15.8. The Labute approximate surface area is 123 Å². The Morgan fingerprint density at radius 3 is 2.62 bits per heavy atom. The summed E-state index contributed by atoms with van der Waals surface area (Å²) >= 11 is 5.93. The maximum absolute atomic E-state index is 12.8. The second kappa shape index (κ2) is 5.52. The van der Waals surface area contributed by atoms with Gasteiger partial charge >= 0.3 is 12.1 Å². The van der Waals surface area contributed by atoms with Crippen molar-refractivity contribution in [2.75, 3.05) is 6.61 Å². The SMILES string of the molecule is CCOC(=O)c1c(Cl)nc2ccc(C(F)(F)F)cc2c1C. The molecule has 0 saturated carbocycles. The van der Waals surface area contributed by atoms with Gasteiger partial charge in [-0.15, -0.1) is 0 Å². The zero-order valence-electron chi connectivity index (χ0n) is 11.2. The zero-order valence-corrected chi connectivity index (χ0v) is 12.0. The average molecular weight is 318 g/mol. The quantitative estimate of drug-likeness (QED) is 0.609. The Bertz CT molecular complexity index is 713. The third kappa shape index (κ3) is 2.95. The van der Waals surface area contributed by atoms with Gasteiger partial charge in [0.25, 0.3) is 0 Å². The molecule has 2 aromatic rings. The van der Waals surface area contributed by atoms with E-state index >= 15 is 0 Å². The van der Waals surface area contributed by atoms with Gasteiger partial charge in [0.2, 0.25) is 0 Å². The van der Waals surface area contributed by atoms with Gasteiger partial charge in [-0.1, -0.05) is 11.6 Å². The highest BCUT2D eigenvalue weighted by Crippen LogP contribution is 2.33. The number of alkyl halides is 3. The average Bonchev–Trinajstić information content (AvgIpc) is 2.37. The van der Waals surface area contributed by atoms with Crippen molar-refractivity contribution in [1.82, 2.24) is 4.98 Å². The molecule has 0 aliphatic rings. The second-order valence-corrected chi connectivity index (χ2v) is 4.71. The topological polar surface area (TPSA) is 39.2 Å². The number of aromatic nitrogens is 1. The maximum Gasteiger partial charge on any atom is 0.416 e. The highest BCUT2D eigenvalue weighted by atomic mass is 35.5. The van der Waals surface area contributed by atoms with Crippen molar-refractivity contribution in [2.24, 2.45) is 0 Å². The molecule has 0 aliphatic heterocycles. The Kier molecular flexibility index (Phi) is 4.09. The largest absolute Gasteiger partial charge is 0.462 e. The van der Waals surface area contributed by atoms with Crippen LogP contribution in [0.2, 0.25) is 5.15 Å². The number of nitrogens with zero attached hydrogens (tertiary/aromatic N) is 1. The maximum atomic E-state index is 12.8. The predicted octanol–water partition coefficient (Wildman–Crippen LogP) is 4.39. The van der Waals surface area contributed by atoms with E-state index in [9.17, 15) is 18.0 Å². The van der Waals surface area contributed by atoms with Crippen LogP contribution in [0.5, 0.6) is 0 Å². The number of carbonyl (C=O) groups is 1. The molecule has 0 fully saturated rings. The summed E-state index contributed by atoms with van der Waals surface area (Å²) in [6.45, 7) is 3.27. The van der Waals surface area contributed by atoms with Crippen LogP contribution < -0.4 is 0 Å². The van der Waals surface area contributed by atoms with Gasteiger partial charge < -0.3 is 4.74 Å². The molecular formula is C14H11ClF3NO2. The van der Waals surface area contributed by atoms with Crippen LogP contribution in [-0.2, 0) is 10.9 Å². The van der Waals surface area contributed by atoms with E-state index in [-0.39, 0.29) is 22.7 Å². The van der Waals surface area contributed by atoms with Gasteiger partial charge in [0.05, 0.1) is 17.7 Å². The minimum atomic E-state index is -4.47. The minimum Gasteiger partial charge on any atom is -0.462 e. The zero-order chi connectivity index (χ0) is 15.8. The fourth-order valence-corrected chi connectivity index (χ4v) is 2.31. The molecule has 2 rings (SSSR count). The molecule has 0 spiro atoms. The normalized spacial score (nSPS) is 11.7. The van der Waals surface area contributed by atoms with Crippen LogP contribution in [0.25, 0.3) is 10.9 Å². The summed E-state index contributed by atoms with van der Waals surface area (Å²) in [5, 5.41) is 0.135. The first-order valence-corrected chi connectivity index (χ1v) is 6.47. The van der Waals surface area contributed by atoms with Gasteiger partial charge in [0, 0.05) is 5.39 Å². The Balaban J connectivity index is 2.70. The van der Waals surface area contributed by atoms with E-state index < -0.39 is 17.7 Å². The predicted molar refractivity (Wildman–Crippen MR) is 72.4 cm³/mol. The Morgan fingerprint density at radius 1 is 1.38 bits per heavy atom. The molecule has 0 unspecified atom stereocenters. The third-order valence-electron chi connectivity index (χ3n) is 3.01. The van der Waals surface area contributed by atoms with E-state index in [2.05, 4.69) is 4.98 Å². The first-order chi connectivity index (χ1) is 9.75. The molecule has 0 N–H and O–H groups in total. The van der Waals surface area contributed by atoms with Gasteiger partial charge in [-0.05, 0) is 37.6 Å². The van der Waals surface area contributed by atoms with Gasteiger partial charge in [0.15, 0.2) is 0 Å². The standard InChI is InChI=1S/C14H11ClF3NO2/c1-3-21-13(20)11-7(2)9-6-8(14(16,17)18)4-5-10(9)19-12(11)15/h4-6H,3H2,1-2H3. The third-order valence-corrected chi connectivity index (χ3v) is 3.28. The lowest BCUT2D eigenvalue weighted by atomic mass is 10.0. The van der Waals surface area contributed by atoms with E-state index in [4.69, 9.17) is 16.3 Å². The first kappa shape index (κ1) is 15.6. The van der Waals surface area contributed by atoms with Crippen LogP contribution in [0.1, 0.15) is 28.4 Å². The molecule has 0 atom stereocenters. The summed E-state index contributed by atoms with van der Waals surface area (Å²) in [6.07, 6.45) is -4.47. The van der Waals surface area contributed by atoms with Crippen LogP contribution in [0.15, 0.2) is 18.2 Å². The van der Waals surface area contributed by atoms with Crippen molar-refractivity contribution < 1.29 is 22.7 Å². The summed E-state index contributed by atoms with van der Waals surface area (Å²) in [5.41, 5.74) is -0.213. The lowest BCUT2D eigenvalue weighted by molar-refractivity contribution is -0.137. The number of esters is 1. The minimum absolute atomic E-state index is 0.00894. The molecule has 3 nitrogen and oxygen atoms in total. The van der Waals surface area contributed by atoms with Gasteiger partial charge in [-0.2, -0.15) is 13.2 Å². The fourth-order valence-electron chi connectivity index (χ4n) is 2.00. The number of ether oxygens (including phenoxy) is 1. The van der Waals surface area contributed by atoms with E-state index in [0.29, 0.717) is 11.1 Å². The van der Waals surface area contributed by atoms with Crippen LogP contribution >= 0.6 is 11.6 Å². The molecule has 0 radical (unpaired) electrons. The molecule has 0 saturated heterocycles. The number of hydrogen-bond acceptors (Lipinski definition) is 3. The molecular weight excluding hydrogens is 307 g/mol. The van der Waals surface area contributed by atoms with Crippen molar-refractivity contribution in [3.8, 4) is 0 Å². The van der Waals surface area contributed by atoms with E-state index in [1.54, 1.807) is 6.92 Å². The van der Waals surface area contributed by atoms with E-state index in [0.717, 1.165) is 12.1 Å². The first-order valence-electron chi connectivity index (χ1n) is 6.10. The summed E-state index contributed by atoms with van der Waals surface area (Å²) < 4.78 is 43.2. The van der Waals surface area contributed by atoms with Crippen LogP contribution in [0.3, 0.4) is 0 Å². The molecule has 112 valence electrons. The molecule has 1 heterocycles. The highest BCUT2D eigenvalue weighted by Gasteiger charge is 2.31. The number of fused-ring (bicyclic) bond motifs is 1. The molecule has 0 bridgehead atoms. The van der Waals surface area contributed by atoms with E-state index in [1.165, 1.54) is 13.0 Å². The monoisotopic (exact) mass is 317 g/mol. The van der Waals surface area contributed by atoms with Crippen molar-refractivity contribution >= 4 is 28.5 Å². The lowest BCUT2D eigenvalue weighted by Crippen LogP contribution is -2.10. The molecule has 0 amide bonds. The number of halogens is 4. The number of hydrogen-bond donors (Lipinski definition) is 0. The lowest BCUT2D eigenvalue weighted by Gasteiger charge is -2.12. The number of benzene rings is 1. The van der Waals surface area contributed by atoms with Crippen LogP contribution in [0.4, 0.5) is 13.2 Å². The molecule has 1 aromatic carbocycles. The Hall–Kier alpha value is -1.82. The number of pyridine rings is 1. The Morgan fingerprint density at radius 2 is 2.05 bits per heavy atom. The van der Waals surface area contributed by atoms with Crippen molar-refractivity contribution in [1.29, 1.82) is 0 Å². The van der Waals surface area contributed by atoms with E-state index in [1.807, 2.05) is 0 Å². The van der Waals surface area contributed by atoms with Crippen molar-refractivity contribution in [2.45, 2.75) is 20.0 Å². The molecule has 0 aliphatic carbocycles. The van der Waals surface area contributed by atoms with Gasteiger partial charge in [0.1, 0.15) is 10.7 Å². The van der Waals surface area contributed by atoms with Gasteiger partial charge in [-0.25, -0.2) is 9.78 Å². The summed E-state index contributed by atoms with van der Waals surface area (Å²) in [6, 6.07) is 3.11. The fraction of sp³-hybridized carbons (Fsp3) is 0.286. The number of carbonyl (C=O) groups excluding carboxylic acids is 1. The second-order valence-electron chi connectivity index (χ2n) is 4.35. The molecule has 21 heavy (non-hydrogen) atoms. The highest BCUT2D eigenvalue weighted by molar-refractivity contribution is 6.33. The molecule has 7 heteroatoms. The smallest absolute Gasteiger partial charge is 0.416 e. The van der Waals surface area contributed by atoms with Gasteiger partial charge in [-0.3, -0.25) is 0 Å². The molecule has 1 aromatic heterocycles. The summed E-state index contributed by atoms with van der Waals surface area (Å²) in [5.74, 6) is -0.702.